The lowest BCUT2D eigenvalue weighted by Crippen LogP contribution is -2.21. The molecule has 2 atom stereocenters. The van der Waals surface area contributed by atoms with E-state index in [1.54, 1.807) is 6.08 Å². The number of hydrogen-bond donors (Lipinski definition) is 2. The molecule has 2 unspecified atom stereocenters. The predicted octanol–water partition coefficient (Wildman–Crippen LogP) is 2.79. The molecule has 1 aromatic rings. The molecule has 0 heterocycles. The SMILES string of the molecule is CCC(C(=O)O)C1C(O)=Cc2ccccc21. The number of hydrogen-bond acceptors (Lipinski definition) is 2. The molecule has 1 aromatic carbocycles. The van der Waals surface area contributed by atoms with E-state index in [0.29, 0.717) is 6.42 Å². The number of carboxylic acids is 1. The topological polar surface area (TPSA) is 57.5 Å². The Hall–Kier alpha value is -1.77. The summed E-state index contributed by atoms with van der Waals surface area (Å²) in [6, 6.07) is 7.52. The van der Waals surface area contributed by atoms with Crippen molar-refractivity contribution in [2.75, 3.05) is 0 Å². The van der Waals surface area contributed by atoms with Crippen LogP contribution in [0.1, 0.15) is 30.4 Å². The van der Waals surface area contributed by atoms with Gasteiger partial charge in [0.15, 0.2) is 0 Å². The van der Waals surface area contributed by atoms with Crippen LogP contribution in [0.25, 0.3) is 6.08 Å². The molecule has 0 spiro atoms. The molecule has 0 aromatic heterocycles. The minimum absolute atomic E-state index is 0.162. The molecule has 0 aliphatic heterocycles. The first-order valence-corrected chi connectivity index (χ1v) is 5.37. The van der Waals surface area contributed by atoms with Crippen molar-refractivity contribution in [1.82, 2.24) is 0 Å². The van der Waals surface area contributed by atoms with Crippen molar-refractivity contribution in [2.24, 2.45) is 5.92 Å². The Bertz CT molecular complexity index is 448. The van der Waals surface area contributed by atoms with E-state index in [4.69, 9.17) is 5.11 Å². The molecule has 84 valence electrons. The summed E-state index contributed by atoms with van der Waals surface area (Å²) < 4.78 is 0. The number of aliphatic hydroxyl groups excluding tert-OH is 1. The second-order valence-corrected chi connectivity index (χ2v) is 4.03. The molecule has 2 rings (SSSR count). The zero-order valence-electron chi connectivity index (χ0n) is 9.05. The summed E-state index contributed by atoms with van der Waals surface area (Å²) in [7, 11) is 0. The van der Waals surface area contributed by atoms with Crippen LogP contribution in [0.5, 0.6) is 0 Å². The molecule has 0 fully saturated rings. The van der Waals surface area contributed by atoms with Crippen LogP contribution in [0.3, 0.4) is 0 Å². The summed E-state index contributed by atoms with van der Waals surface area (Å²) in [6.07, 6.45) is 2.16. The third-order valence-corrected chi connectivity index (χ3v) is 3.11. The van der Waals surface area contributed by atoms with E-state index < -0.39 is 17.8 Å². The maximum atomic E-state index is 11.1. The minimum Gasteiger partial charge on any atom is -0.512 e. The molecule has 1 aliphatic carbocycles. The lowest BCUT2D eigenvalue weighted by molar-refractivity contribution is -0.142. The molecule has 0 bridgehead atoms. The smallest absolute Gasteiger partial charge is 0.307 e. The van der Waals surface area contributed by atoms with Crippen LogP contribution >= 0.6 is 0 Å². The Morgan fingerprint density at radius 2 is 2.12 bits per heavy atom. The summed E-state index contributed by atoms with van der Waals surface area (Å²) in [6.45, 7) is 1.83. The summed E-state index contributed by atoms with van der Waals surface area (Å²) in [5.74, 6) is -1.64. The van der Waals surface area contributed by atoms with E-state index >= 15 is 0 Å². The zero-order chi connectivity index (χ0) is 11.7. The summed E-state index contributed by atoms with van der Waals surface area (Å²) in [5.41, 5.74) is 1.83. The largest absolute Gasteiger partial charge is 0.512 e. The van der Waals surface area contributed by atoms with Crippen molar-refractivity contribution in [3.63, 3.8) is 0 Å². The molecule has 0 radical (unpaired) electrons. The molecule has 1 aliphatic rings. The van der Waals surface area contributed by atoms with Crippen LogP contribution in [0.15, 0.2) is 30.0 Å². The van der Waals surface area contributed by atoms with Crippen LogP contribution in [0, 0.1) is 5.92 Å². The number of aliphatic carboxylic acids is 1. The number of allylic oxidation sites excluding steroid dienone is 1. The first-order chi connectivity index (χ1) is 7.65. The van der Waals surface area contributed by atoms with E-state index in [2.05, 4.69) is 0 Å². The summed E-state index contributed by atoms with van der Waals surface area (Å²) >= 11 is 0. The van der Waals surface area contributed by atoms with E-state index in [1.807, 2.05) is 31.2 Å². The predicted molar refractivity (Wildman–Crippen MR) is 61.2 cm³/mol. The first-order valence-electron chi connectivity index (χ1n) is 5.37. The molecular weight excluding hydrogens is 204 g/mol. The second-order valence-electron chi connectivity index (χ2n) is 4.03. The Labute approximate surface area is 94.0 Å². The van der Waals surface area contributed by atoms with Gasteiger partial charge in [0, 0.05) is 0 Å². The quantitative estimate of drug-likeness (QED) is 0.820. The maximum Gasteiger partial charge on any atom is 0.307 e. The van der Waals surface area contributed by atoms with Crippen LogP contribution in [0.2, 0.25) is 0 Å². The van der Waals surface area contributed by atoms with Gasteiger partial charge in [0.2, 0.25) is 0 Å². The lowest BCUT2D eigenvalue weighted by Gasteiger charge is -2.19. The Balaban J connectivity index is 2.43. The van der Waals surface area contributed by atoms with Crippen molar-refractivity contribution in [3.8, 4) is 0 Å². The minimum atomic E-state index is -0.857. The van der Waals surface area contributed by atoms with Gasteiger partial charge in [-0.05, 0) is 23.6 Å². The van der Waals surface area contributed by atoms with Crippen molar-refractivity contribution in [2.45, 2.75) is 19.3 Å². The van der Waals surface area contributed by atoms with Crippen LogP contribution in [-0.2, 0) is 4.79 Å². The number of benzene rings is 1. The van der Waals surface area contributed by atoms with Crippen molar-refractivity contribution in [1.29, 1.82) is 0 Å². The van der Waals surface area contributed by atoms with Gasteiger partial charge >= 0.3 is 5.97 Å². The van der Waals surface area contributed by atoms with E-state index in [9.17, 15) is 9.90 Å². The average Bonchev–Trinajstić information content (AvgIpc) is 2.57. The fourth-order valence-electron chi connectivity index (χ4n) is 2.31. The van der Waals surface area contributed by atoms with Gasteiger partial charge in [0.05, 0.1) is 11.8 Å². The number of aliphatic hydroxyl groups is 1. The molecule has 0 saturated carbocycles. The Morgan fingerprint density at radius 3 is 2.75 bits per heavy atom. The number of carbonyl (C=O) groups is 1. The standard InChI is InChI=1S/C13H14O3/c1-2-9(13(15)16)12-10-6-4-3-5-8(10)7-11(12)14/h3-7,9,12,14H,2H2,1H3,(H,15,16). The molecular formula is C13H14O3. The van der Waals surface area contributed by atoms with E-state index in [-0.39, 0.29) is 5.76 Å². The fourth-order valence-corrected chi connectivity index (χ4v) is 2.31. The Kier molecular flexibility index (Phi) is 2.69. The third-order valence-electron chi connectivity index (χ3n) is 3.11. The Morgan fingerprint density at radius 1 is 1.44 bits per heavy atom. The fraction of sp³-hybridized carbons (Fsp3) is 0.308. The van der Waals surface area contributed by atoms with Gasteiger partial charge in [-0.2, -0.15) is 0 Å². The highest BCUT2D eigenvalue weighted by Crippen LogP contribution is 2.41. The molecule has 3 nitrogen and oxygen atoms in total. The third kappa shape index (κ3) is 1.58. The molecule has 3 heteroatoms. The molecule has 0 amide bonds. The monoisotopic (exact) mass is 218 g/mol. The zero-order valence-corrected chi connectivity index (χ0v) is 9.05. The maximum absolute atomic E-state index is 11.1. The van der Waals surface area contributed by atoms with E-state index in [0.717, 1.165) is 11.1 Å². The molecule has 16 heavy (non-hydrogen) atoms. The molecule has 2 N–H and O–H groups in total. The van der Waals surface area contributed by atoms with Crippen LogP contribution in [-0.4, -0.2) is 16.2 Å². The van der Waals surface area contributed by atoms with Gasteiger partial charge in [-0.25, -0.2) is 0 Å². The van der Waals surface area contributed by atoms with Crippen molar-refractivity contribution in [3.05, 3.63) is 41.2 Å². The highest BCUT2D eigenvalue weighted by molar-refractivity contribution is 5.75. The van der Waals surface area contributed by atoms with Gasteiger partial charge in [-0.1, -0.05) is 31.2 Å². The number of fused-ring (bicyclic) bond motifs is 1. The van der Waals surface area contributed by atoms with Crippen molar-refractivity contribution < 1.29 is 15.0 Å². The number of carboxylic acid groups (broad SMARTS) is 1. The van der Waals surface area contributed by atoms with Crippen LogP contribution in [0.4, 0.5) is 0 Å². The first kappa shape index (κ1) is 10.7. The van der Waals surface area contributed by atoms with Gasteiger partial charge in [-0.3, -0.25) is 4.79 Å². The van der Waals surface area contributed by atoms with Crippen molar-refractivity contribution >= 4 is 12.0 Å². The normalized spacial score (nSPS) is 20.1. The highest BCUT2D eigenvalue weighted by atomic mass is 16.4. The van der Waals surface area contributed by atoms with Gasteiger partial charge in [0.25, 0.3) is 0 Å². The lowest BCUT2D eigenvalue weighted by atomic mass is 9.85. The number of rotatable bonds is 3. The summed E-state index contributed by atoms with van der Waals surface area (Å²) in [4.78, 5) is 11.1. The van der Waals surface area contributed by atoms with Gasteiger partial charge < -0.3 is 10.2 Å². The van der Waals surface area contributed by atoms with Gasteiger partial charge in [0.1, 0.15) is 5.76 Å². The highest BCUT2D eigenvalue weighted by Gasteiger charge is 2.35. The second kappa shape index (κ2) is 4.00. The van der Waals surface area contributed by atoms with Crippen LogP contribution < -0.4 is 0 Å². The molecule has 0 saturated heterocycles. The summed E-state index contributed by atoms with van der Waals surface area (Å²) in [5, 5.41) is 19.0. The van der Waals surface area contributed by atoms with E-state index in [1.165, 1.54) is 0 Å². The van der Waals surface area contributed by atoms with Gasteiger partial charge in [-0.15, -0.1) is 0 Å². The average molecular weight is 218 g/mol.